The van der Waals surface area contributed by atoms with Crippen molar-refractivity contribution in [1.82, 2.24) is 9.13 Å². The van der Waals surface area contributed by atoms with Crippen molar-refractivity contribution in [2.75, 3.05) is 0 Å². The summed E-state index contributed by atoms with van der Waals surface area (Å²) in [4.78, 5) is 0. The third-order valence-corrected chi connectivity index (χ3v) is 4.71. The van der Waals surface area contributed by atoms with Crippen molar-refractivity contribution in [2.24, 2.45) is 0 Å². The summed E-state index contributed by atoms with van der Waals surface area (Å²) < 4.78 is 9.02. The van der Waals surface area contributed by atoms with Crippen LogP contribution in [-0.2, 0) is 13.1 Å². The molecule has 27 heavy (non-hydrogen) atoms. The van der Waals surface area contributed by atoms with E-state index in [1.165, 1.54) is 6.26 Å². The van der Waals surface area contributed by atoms with Gasteiger partial charge in [-0.3, -0.25) is 5.41 Å². The number of hydrogen-bond acceptors (Lipinski definition) is 3. The number of imidazole rings is 1. The molecule has 0 aliphatic carbocycles. The molecule has 0 radical (unpaired) electrons. The summed E-state index contributed by atoms with van der Waals surface area (Å²) in [5.41, 5.74) is 3.23. The number of nitrogens with one attached hydrogen (secondary N) is 1. The second-order valence-corrected chi connectivity index (χ2v) is 6.60. The molecule has 0 saturated heterocycles. The minimum absolute atomic E-state index is 0. The number of aliphatic hydroxyl groups is 1. The summed E-state index contributed by atoms with van der Waals surface area (Å²) in [5.74, 6) is 0.492. The third kappa shape index (κ3) is 3.81. The van der Waals surface area contributed by atoms with Crippen LogP contribution in [0.5, 0.6) is 0 Å². The van der Waals surface area contributed by atoms with Gasteiger partial charge < -0.3 is 18.7 Å². The van der Waals surface area contributed by atoms with Crippen molar-refractivity contribution in [3.05, 3.63) is 88.9 Å². The summed E-state index contributed by atoms with van der Waals surface area (Å²) in [7, 11) is 0. The van der Waals surface area contributed by atoms with E-state index in [9.17, 15) is 5.11 Å². The van der Waals surface area contributed by atoms with Crippen LogP contribution in [-0.4, -0.2) is 14.2 Å². The summed E-state index contributed by atoms with van der Waals surface area (Å²) in [6, 6.07) is 18.9. The van der Waals surface area contributed by atoms with Gasteiger partial charge in [-0.15, -0.1) is 12.4 Å². The Morgan fingerprint density at radius 3 is 2.26 bits per heavy atom. The molecule has 0 spiro atoms. The van der Waals surface area contributed by atoms with Crippen LogP contribution in [0.3, 0.4) is 0 Å². The quantitative estimate of drug-likeness (QED) is 0.519. The van der Waals surface area contributed by atoms with Gasteiger partial charge in [0.25, 0.3) is 0 Å². The van der Waals surface area contributed by atoms with Crippen LogP contribution in [0.25, 0.3) is 11.0 Å². The fourth-order valence-electron chi connectivity index (χ4n) is 3.16. The molecule has 1 atom stereocenters. The Labute approximate surface area is 167 Å². The third-order valence-electron chi connectivity index (χ3n) is 4.46. The zero-order valence-electron chi connectivity index (χ0n) is 14.4. The average molecular weight is 404 g/mol. The lowest BCUT2D eigenvalue weighted by Gasteiger charge is -2.10. The Balaban J connectivity index is 0.00000210. The number of fused-ring (bicyclic) bond motifs is 1. The van der Waals surface area contributed by atoms with Gasteiger partial charge in [-0.1, -0.05) is 35.9 Å². The first-order valence-electron chi connectivity index (χ1n) is 8.32. The van der Waals surface area contributed by atoms with Gasteiger partial charge in [0.1, 0.15) is 11.9 Å². The predicted molar refractivity (Wildman–Crippen MR) is 107 cm³/mol. The molecular formula is C20H19Cl2N3O2. The number of aromatic nitrogens is 2. The lowest BCUT2D eigenvalue weighted by Crippen LogP contribution is -2.27. The van der Waals surface area contributed by atoms with Crippen LogP contribution in [0.4, 0.5) is 0 Å². The SMILES string of the molecule is Cl.N=c1n(Cc2ccc(Cl)cc2)c2ccccc2n1CC(O)c1ccco1. The molecule has 2 aromatic heterocycles. The van der Waals surface area contributed by atoms with Gasteiger partial charge in [0.15, 0.2) is 0 Å². The minimum Gasteiger partial charge on any atom is -0.467 e. The first-order chi connectivity index (χ1) is 12.6. The smallest absolute Gasteiger partial charge is 0.203 e. The summed E-state index contributed by atoms with van der Waals surface area (Å²) >= 11 is 5.97. The maximum Gasteiger partial charge on any atom is 0.203 e. The first kappa shape index (κ1) is 19.3. The van der Waals surface area contributed by atoms with Gasteiger partial charge in [0.05, 0.1) is 30.4 Å². The van der Waals surface area contributed by atoms with Gasteiger partial charge in [0, 0.05) is 5.02 Å². The first-order valence-corrected chi connectivity index (χ1v) is 8.70. The standard InChI is InChI=1S/C20H18ClN3O2.ClH/c21-15-9-7-14(8-10-15)12-23-16-4-1-2-5-17(16)24(20(23)22)13-18(25)19-6-3-11-26-19;/h1-11,18,22,25H,12-13H2;1H. The molecule has 4 aromatic rings. The van der Waals surface area contributed by atoms with E-state index < -0.39 is 6.10 Å². The number of furan rings is 1. The Morgan fingerprint density at radius 2 is 1.63 bits per heavy atom. The van der Waals surface area contributed by atoms with Crippen LogP contribution in [0.15, 0.2) is 71.3 Å². The van der Waals surface area contributed by atoms with Crippen LogP contribution in [0.1, 0.15) is 17.4 Å². The highest BCUT2D eigenvalue weighted by molar-refractivity contribution is 6.30. The van der Waals surface area contributed by atoms with E-state index in [4.69, 9.17) is 21.4 Å². The Hall–Kier alpha value is -2.47. The van der Waals surface area contributed by atoms with Crippen molar-refractivity contribution in [1.29, 1.82) is 5.41 Å². The van der Waals surface area contributed by atoms with Gasteiger partial charge >= 0.3 is 0 Å². The van der Waals surface area contributed by atoms with Crippen molar-refractivity contribution in [3.8, 4) is 0 Å². The molecule has 4 rings (SSSR count). The van der Waals surface area contributed by atoms with Crippen molar-refractivity contribution in [2.45, 2.75) is 19.2 Å². The van der Waals surface area contributed by atoms with E-state index in [1.54, 1.807) is 16.7 Å². The van der Waals surface area contributed by atoms with E-state index >= 15 is 0 Å². The molecule has 0 fully saturated rings. The molecule has 2 N–H and O–H groups in total. The van der Waals surface area contributed by atoms with E-state index in [-0.39, 0.29) is 19.0 Å². The molecule has 2 heterocycles. The highest BCUT2D eigenvalue weighted by Gasteiger charge is 2.16. The highest BCUT2D eigenvalue weighted by Crippen LogP contribution is 2.20. The number of benzene rings is 2. The van der Waals surface area contributed by atoms with E-state index in [0.717, 1.165) is 16.6 Å². The lowest BCUT2D eigenvalue weighted by atomic mass is 10.2. The number of rotatable bonds is 5. The van der Waals surface area contributed by atoms with Crippen molar-refractivity contribution < 1.29 is 9.52 Å². The van der Waals surface area contributed by atoms with Crippen molar-refractivity contribution in [3.63, 3.8) is 0 Å². The largest absolute Gasteiger partial charge is 0.467 e. The molecule has 0 saturated carbocycles. The minimum atomic E-state index is -0.811. The zero-order valence-corrected chi connectivity index (χ0v) is 16.0. The average Bonchev–Trinajstić information content (AvgIpc) is 3.27. The van der Waals surface area contributed by atoms with Crippen LogP contribution < -0.4 is 5.62 Å². The van der Waals surface area contributed by atoms with Crippen molar-refractivity contribution >= 4 is 35.0 Å². The number of aliphatic hydroxyl groups excluding tert-OH is 1. The van der Waals surface area contributed by atoms with Gasteiger partial charge in [0.2, 0.25) is 5.62 Å². The summed E-state index contributed by atoms with van der Waals surface area (Å²) in [6.45, 7) is 0.806. The molecule has 1 unspecified atom stereocenters. The number of para-hydroxylation sites is 2. The van der Waals surface area contributed by atoms with E-state index in [0.29, 0.717) is 22.9 Å². The van der Waals surface area contributed by atoms with Crippen LogP contribution in [0, 0.1) is 5.41 Å². The highest BCUT2D eigenvalue weighted by atomic mass is 35.5. The lowest BCUT2D eigenvalue weighted by molar-refractivity contribution is 0.130. The molecule has 7 heteroatoms. The van der Waals surface area contributed by atoms with E-state index in [1.807, 2.05) is 53.1 Å². The molecular weight excluding hydrogens is 385 g/mol. The molecule has 0 amide bonds. The molecule has 5 nitrogen and oxygen atoms in total. The molecule has 0 bridgehead atoms. The fraction of sp³-hybridized carbons (Fsp3) is 0.150. The zero-order chi connectivity index (χ0) is 18.1. The Bertz CT molecular complexity index is 1080. The monoisotopic (exact) mass is 403 g/mol. The van der Waals surface area contributed by atoms with E-state index in [2.05, 4.69) is 0 Å². The molecule has 0 aliphatic rings. The topological polar surface area (TPSA) is 67.1 Å². The second-order valence-electron chi connectivity index (χ2n) is 6.17. The number of hydrogen-bond donors (Lipinski definition) is 2. The van der Waals surface area contributed by atoms with Gasteiger partial charge in [-0.25, -0.2) is 0 Å². The van der Waals surface area contributed by atoms with Gasteiger partial charge in [-0.05, 0) is 42.0 Å². The van der Waals surface area contributed by atoms with Crippen LogP contribution in [0.2, 0.25) is 5.02 Å². The predicted octanol–water partition coefficient (Wildman–Crippen LogP) is 4.37. The summed E-state index contributed by atoms with van der Waals surface area (Å²) in [5, 5.41) is 19.8. The second kappa shape index (κ2) is 8.05. The molecule has 2 aromatic carbocycles. The van der Waals surface area contributed by atoms with Gasteiger partial charge in [-0.2, -0.15) is 0 Å². The Morgan fingerprint density at radius 1 is 0.963 bits per heavy atom. The molecule has 140 valence electrons. The van der Waals surface area contributed by atoms with Crippen LogP contribution >= 0.6 is 24.0 Å². The maximum atomic E-state index is 10.5. The normalized spacial score (nSPS) is 12.1. The molecule has 0 aliphatic heterocycles. The number of nitrogens with zero attached hydrogens (tertiary/aromatic N) is 2. The maximum absolute atomic E-state index is 10.5. The summed E-state index contributed by atoms with van der Waals surface area (Å²) in [6.07, 6.45) is 0.725. The Kier molecular flexibility index (Phi) is 5.75. The number of halogens is 2. The fourth-order valence-corrected chi connectivity index (χ4v) is 3.28.